The number of hydrogen-bond acceptors (Lipinski definition) is 3. The lowest BCUT2D eigenvalue weighted by Gasteiger charge is -2.13. The van der Waals surface area contributed by atoms with Crippen LogP contribution in [0.1, 0.15) is 18.1 Å². The number of thiophene rings is 1. The fourth-order valence-electron chi connectivity index (χ4n) is 1.73. The summed E-state index contributed by atoms with van der Waals surface area (Å²) in [5.74, 6) is 0.918. The van der Waals surface area contributed by atoms with E-state index in [9.17, 15) is 0 Å². The Morgan fingerprint density at radius 1 is 1.39 bits per heavy atom. The van der Waals surface area contributed by atoms with Crippen LogP contribution in [-0.4, -0.2) is 6.04 Å². The van der Waals surface area contributed by atoms with Gasteiger partial charge in [0.2, 0.25) is 0 Å². The SMILES string of the molecule is CC(N)Cc1cc(Br)ccc1OCc1ccsc1. The molecule has 0 saturated carbocycles. The first kappa shape index (κ1) is 13.6. The third kappa shape index (κ3) is 3.83. The molecule has 0 bridgehead atoms. The normalized spacial score (nSPS) is 12.4. The maximum Gasteiger partial charge on any atom is 0.123 e. The zero-order chi connectivity index (χ0) is 13.0. The van der Waals surface area contributed by atoms with Crippen molar-refractivity contribution in [3.8, 4) is 5.75 Å². The molecule has 2 N–H and O–H groups in total. The Kier molecular flexibility index (Phi) is 4.80. The first-order valence-corrected chi connectivity index (χ1v) is 7.56. The summed E-state index contributed by atoms with van der Waals surface area (Å²) in [6.07, 6.45) is 0.818. The van der Waals surface area contributed by atoms with Crippen LogP contribution in [0.5, 0.6) is 5.75 Å². The zero-order valence-corrected chi connectivity index (χ0v) is 12.6. The molecule has 0 aliphatic heterocycles. The minimum Gasteiger partial charge on any atom is -0.489 e. The van der Waals surface area contributed by atoms with Crippen molar-refractivity contribution in [1.82, 2.24) is 0 Å². The Balaban J connectivity index is 2.10. The standard InChI is InChI=1S/C14H16BrNOS/c1-10(16)6-12-7-13(15)2-3-14(12)17-8-11-4-5-18-9-11/h2-5,7,9-10H,6,8,16H2,1H3. The van der Waals surface area contributed by atoms with E-state index < -0.39 is 0 Å². The van der Waals surface area contributed by atoms with Crippen molar-refractivity contribution in [2.45, 2.75) is 26.0 Å². The van der Waals surface area contributed by atoms with Crippen LogP contribution in [0.4, 0.5) is 0 Å². The fourth-order valence-corrected chi connectivity index (χ4v) is 2.79. The number of rotatable bonds is 5. The van der Waals surface area contributed by atoms with E-state index in [1.807, 2.05) is 19.1 Å². The summed E-state index contributed by atoms with van der Waals surface area (Å²) in [6, 6.07) is 8.27. The van der Waals surface area contributed by atoms with Crippen molar-refractivity contribution >= 4 is 27.3 Å². The fraction of sp³-hybridized carbons (Fsp3) is 0.286. The molecule has 18 heavy (non-hydrogen) atoms. The van der Waals surface area contributed by atoms with Crippen molar-refractivity contribution in [2.24, 2.45) is 5.73 Å². The maximum absolute atomic E-state index is 5.87. The molecule has 4 heteroatoms. The summed E-state index contributed by atoms with van der Waals surface area (Å²) in [5.41, 5.74) is 8.22. The molecule has 0 aliphatic carbocycles. The molecular formula is C14H16BrNOS. The third-order valence-electron chi connectivity index (χ3n) is 2.54. The molecule has 1 atom stereocenters. The molecule has 0 saturated heterocycles. The van der Waals surface area contributed by atoms with Gasteiger partial charge in [0.1, 0.15) is 12.4 Å². The summed E-state index contributed by atoms with van der Waals surface area (Å²) in [7, 11) is 0. The van der Waals surface area contributed by atoms with Crippen molar-refractivity contribution in [2.75, 3.05) is 0 Å². The van der Waals surface area contributed by atoms with Gasteiger partial charge in [-0.2, -0.15) is 11.3 Å². The molecule has 0 radical (unpaired) electrons. The van der Waals surface area contributed by atoms with Crippen LogP contribution in [0.15, 0.2) is 39.5 Å². The number of benzene rings is 1. The van der Waals surface area contributed by atoms with Gasteiger partial charge in [0.05, 0.1) is 0 Å². The van der Waals surface area contributed by atoms with Crippen LogP contribution in [0.2, 0.25) is 0 Å². The lowest BCUT2D eigenvalue weighted by molar-refractivity contribution is 0.303. The van der Waals surface area contributed by atoms with Crippen LogP contribution in [0.25, 0.3) is 0 Å². The van der Waals surface area contributed by atoms with Gasteiger partial charge in [-0.25, -0.2) is 0 Å². The van der Waals surface area contributed by atoms with Crippen molar-refractivity contribution in [1.29, 1.82) is 0 Å². The van der Waals surface area contributed by atoms with Gasteiger partial charge >= 0.3 is 0 Å². The molecule has 0 fully saturated rings. The highest BCUT2D eigenvalue weighted by Crippen LogP contribution is 2.25. The molecular weight excluding hydrogens is 310 g/mol. The second-order valence-corrected chi connectivity index (χ2v) is 6.05. The van der Waals surface area contributed by atoms with E-state index in [1.165, 1.54) is 5.56 Å². The first-order chi connectivity index (χ1) is 8.65. The third-order valence-corrected chi connectivity index (χ3v) is 3.76. The van der Waals surface area contributed by atoms with Crippen LogP contribution in [-0.2, 0) is 13.0 Å². The zero-order valence-electron chi connectivity index (χ0n) is 10.2. The van der Waals surface area contributed by atoms with Crippen LogP contribution < -0.4 is 10.5 Å². The van der Waals surface area contributed by atoms with Gasteiger partial charge in [-0.05, 0) is 59.5 Å². The summed E-state index contributed by atoms with van der Waals surface area (Å²) in [4.78, 5) is 0. The van der Waals surface area contributed by atoms with Gasteiger partial charge in [0, 0.05) is 10.5 Å². The van der Waals surface area contributed by atoms with E-state index in [0.717, 1.165) is 22.2 Å². The number of nitrogens with two attached hydrogens (primary N) is 1. The second kappa shape index (κ2) is 6.36. The molecule has 2 nitrogen and oxygen atoms in total. The lowest BCUT2D eigenvalue weighted by Crippen LogP contribution is -2.18. The minimum atomic E-state index is 0.128. The number of hydrogen-bond donors (Lipinski definition) is 1. The first-order valence-electron chi connectivity index (χ1n) is 5.83. The average molecular weight is 326 g/mol. The smallest absolute Gasteiger partial charge is 0.123 e. The molecule has 0 aliphatic rings. The van der Waals surface area contributed by atoms with E-state index in [-0.39, 0.29) is 6.04 Å². The molecule has 2 rings (SSSR count). The number of ether oxygens (including phenoxy) is 1. The number of halogens is 1. The van der Waals surface area contributed by atoms with Gasteiger partial charge in [-0.1, -0.05) is 15.9 Å². The van der Waals surface area contributed by atoms with E-state index in [4.69, 9.17) is 10.5 Å². The molecule has 96 valence electrons. The average Bonchev–Trinajstić information content (AvgIpc) is 2.80. The molecule has 1 unspecified atom stereocenters. The van der Waals surface area contributed by atoms with E-state index >= 15 is 0 Å². The second-order valence-electron chi connectivity index (χ2n) is 4.35. The Labute approximate surface area is 120 Å². The topological polar surface area (TPSA) is 35.2 Å². The highest BCUT2D eigenvalue weighted by molar-refractivity contribution is 9.10. The Hall–Kier alpha value is -0.840. The van der Waals surface area contributed by atoms with Crippen LogP contribution in [0.3, 0.4) is 0 Å². The quantitative estimate of drug-likeness (QED) is 0.902. The predicted octanol–water partition coefficient (Wildman–Crippen LogP) is 3.98. The Bertz CT molecular complexity index is 497. The highest BCUT2D eigenvalue weighted by Gasteiger charge is 2.07. The highest BCUT2D eigenvalue weighted by atomic mass is 79.9. The predicted molar refractivity (Wildman–Crippen MR) is 80.1 cm³/mol. The molecule has 1 aromatic heterocycles. The van der Waals surface area contributed by atoms with E-state index in [0.29, 0.717) is 6.61 Å². The molecule has 2 aromatic rings. The monoisotopic (exact) mass is 325 g/mol. The summed E-state index contributed by atoms with van der Waals surface area (Å²) in [6.45, 7) is 2.61. The maximum atomic E-state index is 5.87. The van der Waals surface area contributed by atoms with Crippen molar-refractivity contribution < 1.29 is 4.74 Å². The van der Waals surface area contributed by atoms with Gasteiger partial charge in [-0.15, -0.1) is 0 Å². The largest absolute Gasteiger partial charge is 0.489 e. The van der Waals surface area contributed by atoms with Gasteiger partial charge in [0.15, 0.2) is 0 Å². The summed E-state index contributed by atoms with van der Waals surface area (Å²) >= 11 is 5.17. The van der Waals surface area contributed by atoms with Gasteiger partial charge in [-0.3, -0.25) is 0 Å². The summed E-state index contributed by atoms with van der Waals surface area (Å²) in [5, 5.41) is 4.16. The molecule has 0 amide bonds. The minimum absolute atomic E-state index is 0.128. The van der Waals surface area contributed by atoms with Gasteiger partial charge < -0.3 is 10.5 Å². The van der Waals surface area contributed by atoms with Crippen molar-refractivity contribution in [3.63, 3.8) is 0 Å². The van der Waals surface area contributed by atoms with Crippen LogP contribution >= 0.6 is 27.3 Å². The van der Waals surface area contributed by atoms with E-state index in [2.05, 4.69) is 38.8 Å². The van der Waals surface area contributed by atoms with Gasteiger partial charge in [0.25, 0.3) is 0 Å². The van der Waals surface area contributed by atoms with Crippen molar-refractivity contribution in [3.05, 3.63) is 50.6 Å². The van der Waals surface area contributed by atoms with E-state index in [1.54, 1.807) is 11.3 Å². The Morgan fingerprint density at radius 2 is 2.22 bits per heavy atom. The van der Waals surface area contributed by atoms with Crippen LogP contribution in [0, 0.1) is 0 Å². The Morgan fingerprint density at radius 3 is 2.89 bits per heavy atom. The lowest BCUT2D eigenvalue weighted by atomic mass is 10.1. The molecule has 1 aromatic carbocycles. The molecule has 0 spiro atoms. The summed E-state index contributed by atoms with van der Waals surface area (Å²) < 4.78 is 6.92. The molecule has 1 heterocycles.